The maximum atomic E-state index is 12.3. The molecule has 2 rings (SSSR count). The fourth-order valence-electron chi connectivity index (χ4n) is 2.90. The van der Waals surface area contributed by atoms with Crippen LogP contribution in [0.5, 0.6) is 5.75 Å². The van der Waals surface area contributed by atoms with Crippen LogP contribution in [-0.4, -0.2) is 12.9 Å². The van der Waals surface area contributed by atoms with Gasteiger partial charge < -0.3 is 4.74 Å². The van der Waals surface area contributed by atoms with E-state index < -0.39 is 0 Å². The summed E-state index contributed by atoms with van der Waals surface area (Å²) in [6.45, 7) is 3.98. The van der Waals surface area contributed by atoms with Crippen LogP contribution in [0.1, 0.15) is 53.6 Å². The molecule has 0 N–H and O–H groups in total. The fourth-order valence-corrected chi connectivity index (χ4v) is 2.90. The summed E-state index contributed by atoms with van der Waals surface area (Å²) in [5.41, 5.74) is 2.94. The van der Waals surface area contributed by atoms with Crippen LogP contribution in [0.3, 0.4) is 0 Å². The summed E-state index contributed by atoms with van der Waals surface area (Å²) in [7, 11) is 1.67. The number of methoxy groups -OCH3 is 1. The number of ether oxygens (including phenoxy) is 1. The van der Waals surface area contributed by atoms with E-state index in [9.17, 15) is 4.79 Å². The summed E-state index contributed by atoms with van der Waals surface area (Å²) in [6, 6.07) is 3.95. The lowest BCUT2D eigenvalue weighted by Crippen LogP contribution is -2.08. The summed E-state index contributed by atoms with van der Waals surface area (Å²) < 4.78 is 5.28. The monoisotopic (exact) mass is 246 g/mol. The summed E-state index contributed by atoms with van der Waals surface area (Å²) in [6.07, 6.45) is 5.74. The lowest BCUT2D eigenvalue weighted by molar-refractivity contribution is 0.0961. The van der Waals surface area contributed by atoms with E-state index in [1.807, 2.05) is 26.0 Å². The Morgan fingerprint density at radius 2 is 1.89 bits per heavy atom. The molecule has 1 saturated carbocycles. The zero-order valence-corrected chi connectivity index (χ0v) is 11.6. The Morgan fingerprint density at radius 1 is 1.22 bits per heavy atom. The van der Waals surface area contributed by atoms with Gasteiger partial charge in [0.25, 0.3) is 0 Å². The minimum atomic E-state index is 0.296. The van der Waals surface area contributed by atoms with Crippen LogP contribution in [-0.2, 0) is 0 Å². The maximum Gasteiger partial charge on any atom is 0.163 e. The van der Waals surface area contributed by atoms with E-state index in [0.717, 1.165) is 22.4 Å². The van der Waals surface area contributed by atoms with Crippen LogP contribution in [0.2, 0.25) is 0 Å². The Kier molecular flexibility index (Phi) is 4.05. The molecule has 1 aliphatic rings. The number of hydrogen-bond acceptors (Lipinski definition) is 2. The highest BCUT2D eigenvalue weighted by Crippen LogP contribution is 2.30. The first-order chi connectivity index (χ1) is 8.61. The van der Waals surface area contributed by atoms with Crippen LogP contribution >= 0.6 is 0 Å². The molecule has 1 aromatic rings. The van der Waals surface area contributed by atoms with Crippen LogP contribution in [0.25, 0.3) is 0 Å². The summed E-state index contributed by atoms with van der Waals surface area (Å²) in [5.74, 6) is 1.77. The first-order valence-corrected chi connectivity index (χ1v) is 6.80. The van der Waals surface area contributed by atoms with Crippen molar-refractivity contribution < 1.29 is 9.53 Å². The highest BCUT2D eigenvalue weighted by molar-refractivity contribution is 5.98. The van der Waals surface area contributed by atoms with Gasteiger partial charge in [0.1, 0.15) is 5.75 Å². The van der Waals surface area contributed by atoms with Gasteiger partial charge >= 0.3 is 0 Å². The van der Waals surface area contributed by atoms with E-state index >= 15 is 0 Å². The molecule has 2 heteroatoms. The highest BCUT2D eigenvalue weighted by Gasteiger charge is 2.20. The average molecular weight is 246 g/mol. The van der Waals surface area contributed by atoms with Crippen molar-refractivity contribution in [2.24, 2.45) is 5.92 Å². The lowest BCUT2D eigenvalue weighted by atomic mass is 9.93. The number of carbonyl (C=O) groups is 1. The third kappa shape index (κ3) is 2.74. The van der Waals surface area contributed by atoms with Gasteiger partial charge in [-0.25, -0.2) is 0 Å². The summed E-state index contributed by atoms with van der Waals surface area (Å²) >= 11 is 0. The second kappa shape index (κ2) is 5.55. The van der Waals surface area contributed by atoms with Gasteiger partial charge in [-0.3, -0.25) is 4.79 Å². The fraction of sp³-hybridized carbons (Fsp3) is 0.562. The number of carbonyl (C=O) groups excluding carboxylic acids is 1. The van der Waals surface area contributed by atoms with Crippen LogP contribution < -0.4 is 4.74 Å². The molecule has 18 heavy (non-hydrogen) atoms. The molecule has 0 heterocycles. The maximum absolute atomic E-state index is 12.3. The molecule has 0 aromatic heterocycles. The Morgan fingerprint density at radius 3 is 2.50 bits per heavy atom. The van der Waals surface area contributed by atoms with Crippen molar-refractivity contribution in [1.82, 2.24) is 0 Å². The minimum Gasteiger partial charge on any atom is -0.496 e. The standard InChI is InChI=1S/C16H22O2/c1-11-9-16(18-3)12(2)8-14(11)15(17)10-13-6-4-5-7-13/h8-9,13H,4-7,10H2,1-3H3. The van der Waals surface area contributed by atoms with Gasteiger partial charge in [0.2, 0.25) is 0 Å². The number of aryl methyl sites for hydroxylation is 2. The van der Waals surface area contributed by atoms with E-state index in [4.69, 9.17) is 4.74 Å². The minimum absolute atomic E-state index is 0.296. The van der Waals surface area contributed by atoms with E-state index in [-0.39, 0.29) is 0 Å². The Balaban J connectivity index is 2.16. The van der Waals surface area contributed by atoms with Crippen molar-refractivity contribution in [3.8, 4) is 5.75 Å². The van der Waals surface area contributed by atoms with Gasteiger partial charge in [-0.1, -0.05) is 25.7 Å². The van der Waals surface area contributed by atoms with Crippen molar-refractivity contribution in [3.63, 3.8) is 0 Å². The highest BCUT2D eigenvalue weighted by atomic mass is 16.5. The van der Waals surface area contributed by atoms with Crippen molar-refractivity contribution in [1.29, 1.82) is 0 Å². The molecule has 0 bridgehead atoms. The Bertz CT molecular complexity index is 443. The third-order valence-electron chi connectivity index (χ3n) is 3.99. The zero-order chi connectivity index (χ0) is 13.1. The normalized spacial score (nSPS) is 15.9. The van der Waals surface area contributed by atoms with Gasteiger partial charge in [-0.2, -0.15) is 0 Å². The molecule has 1 fully saturated rings. The molecule has 0 radical (unpaired) electrons. The van der Waals surface area contributed by atoms with Crippen LogP contribution in [0.4, 0.5) is 0 Å². The lowest BCUT2D eigenvalue weighted by Gasteiger charge is -2.12. The first kappa shape index (κ1) is 13.1. The van der Waals surface area contributed by atoms with Crippen LogP contribution in [0.15, 0.2) is 12.1 Å². The Hall–Kier alpha value is -1.31. The number of hydrogen-bond donors (Lipinski definition) is 0. The van der Waals surface area contributed by atoms with Crippen molar-refractivity contribution in [2.45, 2.75) is 46.0 Å². The second-order valence-electron chi connectivity index (χ2n) is 5.41. The topological polar surface area (TPSA) is 26.3 Å². The molecule has 1 aromatic carbocycles. The Labute approximate surface area is 109 Å². The van der Waals surface area contributed by atoms with Crippen LogP contribution in [0, 0.1) is 19.8 Å². The largest absolute Gasteiger partial charge is 0.496 e. The third-order valence-corrected chi connectivity index (χ3v) is 3.99. The quantitative estimate of drug-likeness (QED) is 0.748. The van der Waals surface area contributed by atoms with Crippen molar-refractivity contribution in [2.75, 3.05) is 7.11 Å². The van der Waals surface area contributed by atoms with E-state index in [1.165, 1.54) is 25.7 Å². The molecule has 0 spiro atoms. The first-order valence-electron chi connectivity index (χ1n) is 6.80. The number of ketones is 1. The predicted octanol–water partition coefficient (Wildman–Crippen LogP) is 4.08. The SMILES string of the molecule is COc1cc(C)c(C(=O)CC2CCCC2)cc1C. The van der Waals surface area contributed by atoms with Crippen molar-refractivity contribution >= 4 is 5.78 Å². The number of rotatable bonds is 4. The van der Waals surface area contributed by atoms with Gasteiger partial charge in [-0.05, 0) is 43.0 Å². The van der Waals surface area contributed by atoms with Crippen molar-refractivity contribution in [3.05, 3.63) is 28.8 Å². The molecule has 2 nitrogen and oxygen atoms in total. The molecular weight excluding hydrogens is 224 g/mol. The average Bonchev–Trinajstić information content (AvgIpc) is 2.84. The zero-order valence-electron chi connectivity index (χ0n) is 11.6. The smallest absolute Gasteiger partial charge is 0.163 e. The molecule has 0 atom stereocenters. The van der Waals surface area contributed by atoms with E-state index in [0.29, 0.717) is 18.1 Å². The molecule has 0 aliphatic heterocycles. The predicted molar refractivity (Wildman–Crippen MR) is 73.4 cm³/mol. The van der Waals surface area contributed by atoms with Gasteiger partial charge in [0.15, 0.2) is 5.78 Å². The summed E-state index contributed by atoms with van der Waals surface area (Å²) in [5, 5.41) is 0. The molecular formula is C16H22O2. The molecule has 0 saturated heterocycles. The van der Waals surface area contributed by atoms with E-state index in [1.54, 1.807) is 7.11 Å². The molecule has 0 amide bonds. The molecule has 0 unspecified atom stereocenters. The van der Waals surface area contributed by atoms with E-state index in [2.05, 4.69) is 0 Å². The van der Waals surface area contributed by atoms with Gasteiger partial charge in [0, 0.05) is 12.0 Å². The summed E-state index contributed by atoms with van der Waals surface area (Å²) in [4.78, 5) is 12.3. The van der Waals surface area contributed by atoms with Gasteiger partial charge in [0.05, 0.1) is 7.11 Å². The van der Waals surface area contributed by atoms with Gasteiger partial charge in [-0.15, -0.1) is 0 Å². The molecule has 98 valence electrons. The second-order valence-corrected chi connectivity index (χ2v) is 5.41. The number of benzene rings is 1. The number of Topliss-reactive ketones (excluding diaryl/α,β-unsaturated/α-hetero) is 1. The molecule has 1 aliphatic carbocycles.